The third kappa shape index (κ3) is 6.61. The van der Waals surface area contributed by atoms with Gasteiger partial charge in [-0.15, -0.1) is 0 Å². The van der Waals surface area contributed by atoms with Crippen LogP contribution in [-0.4, -0.2) is 54.8 Å². The first-order valence-corrected chi connectivity index (χ1v) is 13.7. The highest BCUT2D eigenvalue weighted by molar-refractivity contribution is 5.87. The number of halogens is 3. The molecule has 6 nitrogen and oxygen atoms in total. The van der Waals surface area contributed by atoms with Gasteiger partial charge in [0.1, 0.15) is 17.5 Å². The van der Waals surface area contributed by atoms with Crippen LogP contribution in [0.3, 0.4) is 0 Å². The van der Waals surface area contributed by atoms with Crippen LogP contribution in [0.4, 0.5) is 13.2 Å². The average Bonchev–Trinajstić information content (AvgIpc) is 2.95. The molecule has 212 valence electrons. The molecule has 9 heteroatoms. The lowest BCUT2D eigenvalue weighted by Crippen LogP contribution is -2.56. The normalized spacial score (nSPS) is 19.6. The predicted octanol–water partition coefficient (Wildman–Crippen LogP) is 4.24. The van der Waals surface area contributed by atoms with Crippen LogP contribution in [-0.2, 0) is 27.1 Å². The van der Waals surface area contributed by atoms with Gasteiger partial charge < -0.3 is 20.5 Å². The molecule has 2 aliphatic rings. The monoisotopic (exact) mass is 553 g/mol. The molecule has 0 saturated carbocycles. The smallest absolute Gasteiger partial charge is 0.154 e. The Kier molecular flexibility index (Phi) is 8.95. The summed E-state index contributed by atoms with van der Waals surface area (Å²) in [6.07, 6.45) is 5.05. The van der Waals surface area contributed by atoms with Gasteiger partial charge in [-0.25, -0.2) is 13.2 Å². The van der Waals surface area contributed by atoms with E-state index in [0.29, 0.717) is 54.9 Å². The van der Waals surface area contributed by atoms with Crippen molar-refractivity contribution in [3.05, 3.63) is 101 Å². The topological polar surface area (TPSA) is 86.5 Å². The molecule has 5 rings (SSSR count). The zero-order chi connectivity index (χ0) is 28.1. The summed E-state index contributed by atoms with van der Waals surface area (Å²) in [5, 5.41) is 3.45. The largest absolute Gasteiger partial charge is 0.381 e. The van der Waals surface area contributed by atoms with E-state index < -0.39 is 29.4 Å². The van der Waals surface area contributed by atoms with Crippen LogP contribution in [0.25, 0.3) is 0 Å². The number of carbonyl (C=O) groups is 1. The molecular weight excluding hydrogens is 519 g/mol. The number of benzene rings is 2. The van der Waals surface area contributed by atoms with Crippen molar-refractivity contribution in [2.24, 2.45) is 5.73 Å². The molecule has 2 saturated heterocycles. The molecule has 0 aliphatic carbocycles. The summed E-state index contributed by atoms with van der Waals surface area (Å²) in [7, 11) is 0. The molecule has 3 heterocycles. The fourth-order valence-corrected chi connectivity index (χ4v) is 5.78. The van der Waals surface area contributed by atoms with E-state index in [4.69, 9.17) is 15.2 Å². The Bertz CT molecular complexity index is 1250. The molecule has 0 amide bonds. The van der Waals surface area contributed by atoms with Crippen molar-refractivity contribution in [1.82, 2.24) is 10.3 Å². The maximum atomic E-state index is 15.0. The van der Waals surface area contributed by atoms with Crippen LogP contribution in [0.2, 0.25) is 0 Å². The number of Topliss-reactive ketones (excluding diaryl/α,β-unsaturated/α-hetero) is 1. The fraction of sp³-hybridized carbons (Fsp3) is 0.419. The van der Waals surface area contributed by atoms with Crippen molar-refractivity contribution >= 4 is 5.78 Å². The van der Waals surface area contributed by atoms with Crippen LogP contribution >= 0.6 is 0 Å². The summed E-state index contributed by atoms with van der Waals surface area (Å²) in [5.41, 5.74) is 8.40. The molecule has 40 heavy (non-hydrogen) atoms. The van der Waals surface area contributed by atoms with Crippen molar-refractivity contribution in [2.75, 3.05) is 26.3 Å². The van der Waals surface area contributed by atoms with E-state index in [2.05, 4.69) is 10.3 Å². The summed E-state index contributed by atoms with van der Waals surface area (Å²) in [6, 6.07) is 10.4. The molecule has 2 fully saturated rings. The van der Waals surface area contributed by atoms with E-state index in [1.165, 1.54) is 30.5 Å². The Morgan fingerprint density at radius 1 is 1.00 bits per heavy atom. The van der Waals surface area contributed by atoms with Crippen molar-refractivity contribution in [3.63, 3.8) is 0 Å². The van der Waals surface area contributed by atoms with E-state index >= 15 is 4.39 Å². The minimum atomic E-state index is -1.04. The van der Waals surface area contributed by atoms with Crippen LogP contribution in [0.15, 0.2) is 60.9 Å². The number of nitrogens with two attached hydrogens (primary N) is 1. The number of aromatic nitrogens is 1. The second-order valence-corrected chi connectivity index (χ2v) is 10.7. The molecule has 0 radical (unpaired) electrons. The molecule has 0 unspecified atom stereocenters. The van der Waals surface area contributed by atoms with E-state index in [1.807, 2.05) is 0 Å². The van der Waals surface area contributed by atoms with Crippen LogP contribution in [0, 0.1) is 17.5 Å². The molecule has 3 N–H and O–H groups in total. The SMILES string of the molecule is N[C@H](C(=O)Cc1cncc(F)c1CC[C@@H]1CNCC2(CCOCC2)O1)C(c1ccc(F)cc1)c1ccc(F)cc1. The number of ketones is 1. The summed E-state index contributed by atoms with van der Waals surface area (Å²) in [5.74, 6) is -2.29. The van der Waals surface area contributed by atoms with E-state index in [-0.39, 0.29) is 23.9 Å². The number of rotatable bonds is 9. The number of morpholine rings is 1. The minimum Gasteiger partial charge on any atom is -0.381 e. The highest BCUT2D eigenvalue weighted by Gasteiger charge is 2.38. The Morgan fingerprint density at radius 2 is 1.62 bits per heavy atom. The standard InChI is InChI=1S/C31H34F3N3O3/c32-23-5-1-20(2-6-23)29(21-3-7-24(33)8-4-21)30(35)28(38)15-22-16-36-18-27(34)26(22)10-9-25-17-37-19-31(40-25)11-13-39-14-12-31/h1-8,16,18,25,29-30,37H,9-15,17,19,35H2/t25-,30-/m1/s1. The first-order chi connectivity index (χ1) is 19.3. The van der Waals surface area contributed by atoms with Gasteiger partial charge in [-0.3, -0.25) is 9.78 Å². The number of carbonyl (C=O) groups excluding carboxylic acids is 1. The molecule has 3 aromatic rings. The second kappa shape index (κ2) is 12.6. The number of nitrogens with one attached hydrogen (secondary N) is 1. The maximum Gasteiger partial charge on any atom is 0.154 e. The van der Waals surface area contributed by atoms with Gasteiger partial charge in [-0.1, -0.05) is 24.3 Å². The number of hydrogen-bond acceptors (Lipinski definition) is 6. The third-order valence-corrected chi connectivity index (χ3v) is 8.00. The second-order valence-electron chi connectivity index (χ2n) is 10.7. The van der Waals surface area contributed by atoms with Crippen molar-refractivity contribution in [3.8, 4) is 0 Å². The minimum absolute atomic E-state index is 0.0912. The third-order valence-electron chi connectivity index (χ3n) is 8.00. The first kappa shape index (κ1) is 28.4. The zero-order valence-electron chi connectivity index (χ0n) is 22.3. The molecule has 1 aromatic heterocycles. The van der Waals surface area contributed by atoms with Crippen LogP contribution in [0.5, 0.6) is 0 Å². The van der Waals surface area contributed by atoms with Crippen molar-refractivity contribution in [2.45, 2.75) is 55.8 Å². The van der Waals surface area contributed by atoms with Gasteiger partial charge in [0.15, 0.2) is 5.78 Å². The lowest BCUT2D eigenvalue weighted by atomic mass is 9.82. The van der Waals surface area contributed by atoms with E-state index in [1.54, 1.807) is 24.3 Å². The first-order valence-electron chi connectivity index (χ1n) is 13.7. The Labute approximate surface area is 232 Å². The summed E-state index contributed by atoms with van der Waals surface area (Å²) >= 11 is 0. The van der Waals surface area contributed by atoms with Gasteiger partial charge in [0.25, 0.3) is 0 Å². The Morgan fingerprint density at radius 3 is 2.25 bits per heavy atom. The molecule has 2 atom stereocenters. The number of nitrogens with zero attached hydrogens (tertiary/aromatic N) is 1. The van der Waals surface area contributed by atoms with Crippen LogP contribution in [0.1, 0.15) is 47.4 Å². The van der Waals surface area contributed by atoms with Crippen molar-refractivity contribution in [1.29, 1.82) is 0 Å². The quantitative estimate of drug-likeness (QED) is 0.412. The fourth-order valence-electron chi connectivity index (χ4n) is 5.78. The lowest BCUT2D eigenvalue weighted by Gasteiger charge is -2.44. The van der Waals surface area contributed by atoms with E-state index in [9.17, 15) is 13.6 Å². The zero-order valence-corrected chi connectivity index (χ0v) is 22.3. The molecule has 2 aliphatic heterocycles. The Balaban J connectivity index is 1.32. The van der Waals surface area contributed by atoms with Gasteiger partial charge in [0, 0.05) is 57.7 Å². The molecule has 1 spiro atoms. The number of hydrogen-bond donors (Lipinski definition) is 2. The summed E-state index contributed by atoms with van der Waals surface area (Å²) < 4.78 is 54.2. The highest BCUT2D eigenvalue weighted by atomic mass is 19.1. The highest BCUT2D eigenvalue weighted by Crippen LogP contribution is 2.31. The molecular formula is C31H34F3N3O3. The summed E-state index contributed by atoms with van der Waals surface area (Å²) in [4.78, 5) is 17.5. The maximum absolute atomic E-state index is 15.0. The van der Waals surface area contributed by atoms with Crippen molar-refractivity contribution < 1.29 is 27.4 Å². The van der Waals surface area contributed by atoms with Gasteiger partial charge in [-0.05, 0) is 59.4 Å². The van der Waals surface area contributed by atoms with Gasteiger partial charge in [0.2, 0.25) is 0 Å². The van der Waals surface area contributed by atoms with Gasteiger partial charge in [-0.2, -0.15) is 0 Å². The van der Waals surface area contributed by atoms with Gasteiger partial charge in [0.05, 0.1) is 23.9 Å². The predicted molar refractivity (Wildman–Crippen MR) is 144 cm³/mol. The summed E-state index contributed by atoms with van der Waals surface area (Å²) in [6.45, 7) is 2.77. The lowest BCUT2D eigenvalue weighted by molar-refractivity contribution is -0.160. The average molecular weight is 554 g/mol. The van der Waals surface area contributed by atoms with E-state index in [0.717, 1.165) is 25.6 Å². The molecule has 0 bridgehead atoms. The molecule has 2 aromatic carbocycles. The Hall–Kier alpha value is -3.11. The number of pyridine rings is 1. The van der Waals surface area contributed by atoms with Crippen LogP contribution < -0.4 is 11.1 Å². The number of ether oxygens (including phenoxy) is 2. The van der Waals surface area contributed by atoms with Gasteiger partial charge >= 0.3 is 0 Å².